The van der Waals surface area contributed by atoms with Crippen molar-refractivity contribution in [1.82, 2.24) is 15.2 Å². The molecule has 5 aromatic carbocycles. The highest BCUT2D eigenvalue weighted by molar-refractivity contribution is 6.11. The number of hydrogen-bond acceptors (Lipinski definition) is 2. The molecular formula is C43H37N3. The molecule has 0 saturated heterocycles. The van der Waals surface area contributed by atoms with Crippen LogP contribution >= 0.6 is 0 Å². The van der Waals surface area contributed by atoms with Crippen molar-refractivity contribution in [3.05, 3.63) is 174 Å². The summed E-state index contributed by atoms with van der Waals surface area (Å²) >= 11 is 0. The average Bonchev–Trinajstić information content (AvgIpc) is 3.56. The Labute approximate surface area is 270 Å². The molecule has 3 aliphatic rings. The standard InChI is InChI=1S/C43H37N3/c1-43(2)36-22-11-9-20-32(36)34-25-35-33-21-10-12-23-40(33)46(41(35)26-37(34)43)31-19-13-18-30(24-31)42-44-38(28-14-5-3-6-15-28)27-39(45-42)29-16-7-4-8-17-29/h3-16,18-27,29,38,42,44-45H,17H2,1-2H3. The summed E-state index contributed by atoms with van der Waals surface area (Å²) in [4.78, 5) is 0. The fraction of sp³-hybridized carbons (Fsp3) is 0.163. The van der Waals surface area contributed by atoms with Crippen LogP contribution in [-0.4, -0.2) is 4.57 Å². The van der Waals surface area contributed by atoms with Gasteiger partial charge in [-0.3, -0.25) is 5.32 Å². The van der Waals surface area contributed by atoms with Gasteiger partial charge in [-0.05, 0) is 76.2 Å². The Kier molecular flexibility index (Phi) is 6.19. The second-order valence-corrected chi connectivity index (χ2v) is 13.4. The van der Waals surface area contributed by atoms with Crippen LogP contribution in [0.25, 0.3) is 38.6 Å². The third kappa shape index (κ3) is 4.23. The highest BCUT2D eigenvalue weighted by Crippen LogP contribution is 2.51. The summed E-state index contributed by atoms with van der Waals surface area (Å²) in [6, 6.07) is 42.7. The van der Waals surface area contributed by atoms with Gasteiger partial charge in [-0.25, -0.2) is 0 Å². The molecule has 224 valence electrons. The van der Waals surface area contributed by atoms with Crippen molar-refractivity contribution in [3.8, 4) is 16.8 Å². The Bertz CT molecular complexity index is 2230. The molecule has 0 amide bonds. The molecule has 0 fully saturated rings. The van der Waals surface area contributed by atoms with Gasteiger partial charge < -0.3 is 9.88 Å². The van der Waals surface area contributed by atoms with E-state index < -0.39 is 0 Å². The van der Waals surface area contributed by atoms with Crippen LogP contribution in [0.15, 0.2) is 151 Å². The number of rotatable bonds is 4. The number of hydrogen-bond donors (Lipinski definition) is 2. The molecule has 3 nitrogen and oxygen atoms in total. The molecular weight excluding hydrogens is 558 g/mol. The highest BCUT2D eigenvalue weighted by atomic mass is 15.2. The molecule has 2 N–H and O–H groups in total. The number of fused-ring (bicyclic) bond motifs is 6. The minimum absolute atomic E-state index is 0.0322. The molecule has 9 rings (SSSR count). The Morgan fingerprint density at radius 3 is 2.35 bits per heavy atom. The fourth-order valence-corrected chi connectivity index (χ4v) is 8.02. The van der Waals surface area contributed by atoms with Crippen LogP contribution in [0.2, 0.25) is 0 Å². The quantitative estimate of drug-likeness (QED) is 0.212. The molecule has 3 unspecified atom stereocenters. The summed E-state index contributed by atoms with van der Waals surface area (Å²) < 4.78 is 2.47. The fourth-order valence-electron chi connectivity index (χ4n) is 8.02. The molecule has 0 radical (unpaired) electrons. The summed E-state index contributed by atoms with van der Waals surface area (Å²) in [5, 5.41) is 10.4. The zero-order chi connectivity index (χ0) is 30.8. The van der Waals surface area contributed by atoms with E-state index in [-0.39, 0.29) is 17.6 Å². The van der Waals surface area contributed by atoms with Crippen molar-refractivity contribution in [2.45, 2.75) is 37.9 Å². The van der Waals surface area contributed by atoms with Gasteiger partial charge in [0.05, 0.1) is 17.1 Å². The molecule has 1 aromatic heterocycles. The van der Waals surface area contributed by atoms with Gasteiger partial charge in [0.1, 0.15) is 6.17 Å². The predicted octanol–water partition coefficient (Wildman–Crippen LogP) is 10.0. The van der Waals surface area contributed by atoms with Crippen molar-refractivity contribution in [2.75, 3.05) is 0 Å². The summed E-state index contributed by atoms with van der Waals surface area (Å²) in [7, 11) is 0. The van der Waals surface area contributed by atoms with Crippen LogP contribution in [-0.2, 0) is 5.41 Å². The van der Waals surface area contributed by atoms with Gasteiger partial charge in [0, 0.05) is 33.5 Å². The molecule has 3 atom stereocenters. The second-order valence-electron chi connectivity index (χ2n) is 13.4. The Morgan fingerprint density at radius 2 is 1.48 bits per heavy atom. The molecule has 0 saturated carbocycles. The normalized spacial score (nSPS) is 21.2. The number of para-hydroxylation sites is 1. The topological polar surface area (TPSA) is 29.0 Å². The predicted molar refractivity (Wildman–Crippen MR) is 191 cm³/mol. The average molecular weight is 596 g/mol. The summed E-state index contributed by atoms with van der Waals surface area (Å²) in [5.74, 6) is 0.343. The molecule has 6 aromatic rings. The van der Waals surface area contributed by atoms with Crippen LogP contribution < -0.4 is 10.6 Å². The molecule has 0 bridgehead atoms. The number of aromatic nitrogens is 1. The first-order valence-electron chi connectivity index (χ1n) is 16.5. The third-order valence-electron chi connectivity index (χ3n) is 10.4. The number of allylic oxidation sites excluding steroid dienone is 4. The lowest BCUT2D eigenvalue weighted by Crippen LogP contribution is -2.41. The Morgan fingerprint density at radius 1 is 0.674 bits per heavy atom. The van der Waals surface area contributed by atoms with Crippen LogP contribution in [0, 0.1) is 5.92 Å². The van der Waals surface area contributed by atoms with Crippen LogP contribution in [0.5, 0.6) is 0 Å². The Balaban J connectivity index is 1.18. The van der Waals surface area contributed by atoms with E-state index in [9.17, 15) is 0 Å². The first-order valence-corrected chi connectivity index (χ1v) is 16.5. The van der Waals surface area contributed by atoms with E-state index in [0.29, 0.717) is 5.92 Å². The van der Waals surface area contributed by atoms with Crippen LogP contribution in [0.4, 0.5) is 0 Å². The maximum atomic E-state index is 3.92. The summed E-state index contributed by atoms with van der Waals surface area (Å²) in [5.41, 5.74) is 12.9. The number of nitrogens with zero attached hydrogens (tertiary/aromatic N) is 1. The van der Waals surface area contributed by atoms with Gasteiger partial charge >= 0.3 is 0 Å². The molecule has 0 spiro atoms. The van der Waals surface area contributed by atoms with Crippen LogP contribution in [0.3, 0.4) is 0 Å². The van der Waals surface area contributed by atoms with Gasteiger partial charge in [-0.1, -0.05) is 123 Å². The van der Waals surface area contributed by atoms with Gasteiger partial charge in [-0.2, -0.15) is 0 Å². The van der Waals surface area contributed by atoms with E-state index in [1.165, 1.54) is 66.6 Å². The number of benzene rings is 5. The second kappa shape index (κ2) is 10.5. The molecule has 3 heteroatoms. The van der Waals surface area contributed by atoms with Crippen molar-refractivity contribution < 1.29 is 0 Å². The monoisotopic (exact) mass is 595 g/mol. The largest absolute Gasteiger partial charge is 0.369 e. The van der Waals surface area contributed by atoms with Gasteiger partial charge in [-0.15, -0.1) is 0 Å². The van der Waals surface area contributed by atoms with Crippen molar-refractivity contribution >= 4 is 21.8 Å². The third-order valence-corrected chi connectivity index (χ3v) is 10.4. The first kappa shape index (κ1) is 27.2. The lowest BCUT2D eigenvalue weighted by Gasteiger charge is -2.35. The summed E-state index contributed by atoms with van der Waals surface area (Å²) in [6.07, 6.45) is 12.2. The Hall–Kier alpha value is -5.12. The van der Waals surface area contributed by atoms with Crippen molar-refractivity contribution in [2.24, 2.45) is 5.92 Å². The lowest BCUT2D eigenvalue weighted by molar-refractivity contribution is 0.396. The van der Waals surface area contributed by atoms with E-state index >= 15 is 0 Å². The van der Waals surface area contributed by atoms with E-state index in [4.69, 9.17) is 0 Å². The lowest BCUT2D eigenvalue weighted by atomic mass is 9.82. The van der Waals surface area contributed by atoms with E-state index in [0.717, 1.165) is 6.42 Å². The summed E-state index contributed by atoms with van der Waals surface area (Å²) in [6.45, 7) is 4.73. The van der Waals surface area contributed by atoms with Gasteiger partial charge in [0.15, 0.2) is 0 Å². The molecule has 2 heterocycles. The van der Waals surface area contributed by atoms with Crippen LogP contribution in [0.1, 0.15) is 54.7 Å². The minimum Gasteiger partial charge on any atom is -0.369 e. The SMILES string of the molecule is CC1(C)c2ccccc2-c2cc3c4ccccc4n(-c4cccc(C5NC(C6C=CC=CC6)=CC(c6ccccc6)N5)c4)c3cc21. The molecule has 1 aliphatic heterocycles. The maximum Gasteiger partial charge on any atom is 0.104 e. The van der Waals surface area contributed by atoms with E-state index in [1.807, 2.05) is 0 Å². The smallest absolute Gasteiger partial charge is 0.104 e. The van der Waals surface area contributed by atoms with E-state index in [2.05, 4.69) is 175 Å². The van der Waals surface area contributed by atoms with Crippen molar-refractivity contribution in [3.63, 3.8) is 0 Å². The van der Waals surface area contributed by atoms with Crippen molar-refractivity contribution in [1.29, 1.82) is 0 Å². The molecule has 2 aliphatic carbocycles. The molecule has 46 heavy (non-hydrogen) atoms. The van der Waals surface area contributed by atoms with Gasteiger partial charge in [0.2, 0.25) is 0 Å². The minimum atomic E-state index is -0.0584. The van der Waals surface area contributed by atoms with E-state index in [1.54, 1.807) is 0 Å². The zero-order valence-corrected chi connectivity index (χ0v) is 26.2. The number of nitrogens with one attached hydrogen (secondary N) is 2. The maximum absolute atomic E-state index is 3.92. The highest BCUT2D eigenvalue weighted by Gasteiger charge is 2.36. The zero-order valence-electron chi connectivity index (χ0n) is 26.2. The van der Waals surface area contributed by atoms with Gasteiger partial charge in [0.25, 0.3) is 0 Å². The first-order chi connectivity index (χ1) is 22.6.